The van der Waals surface area contributed by atoms with Gasteiger partial charge in [0, 0.05) is 11.9 Å². The summed E-state index contributed by atoms with van der Waals surface area (Å²) in [5, 5.41) is 9.51. The molecular weight excluding hydrogens is 195 g/mol. The Hall–Kier alpha value is -2.04. The Balaban J connectivity index is 2.05. The summed E-state index contributed by atoms with van der Waals surface area (Å²) in [6.45, 7) is 0.501. The van der Waals surface area contributed by atoms with Crippen molar-refractivity contribution < 1.29 is 4.39 Å². The lowest BCUT2D eigenvalue weighted by atomic mass is 10.2. The highest BCUT2D eigenvalue weighted by molar-refractivity contribution is 5.52. The molecule has 0 radical (unpaired) electrons. The zero-order chi connectivity index (χ0) is 10.7. The molecule has 5 heteroatoms. The quantitative estimate of drug-likeness (QED) is 0.670. The number of halogens is 1. The van der Waals surface area contributed by atoms with Crippen LogP contribution in [0, 0.1) is 5.82 Å². The minimum absolute atomic E-state index is 0.352. The number of anilines is 2. The van der Waals surface area contributed by atoms with E-state index in [1.54, 1.807) is 18.3 Å². The molecule has 0 atom stereocenters. The average Bonchev–Trinajstić information content (AvgIpc) is 2.69. The fraction of sp³-hybridized carbons (Fsp3) is 0.100. The van der Waals surface area contributed by atoms with E-state index in [1.807, 2.05) is 6.07 Å². The third kappa shape index (κ3) is 2.25. The Kier molecular flexibility index (Phi) is 2.53. The SMILES string of the molecule is Nc1ccc(NCc2ccn[nH]2)c(F)c1. The lowest BCUT2D eigenvalue weighted by Crippen LogP contribution is -2.02. The van der Waals surface area contributed by atoms with Crippen molar-refractivity contribution in [3.63, 3.8) is 0 Å². The first-order valence-corrected chi connectivity index (χ1v) is 4.53. The molecule has 0 unspecified atom stereocenters. The highest BCUT2D eigenvalue weighted by atomic mass is 19.1. The standard InChI is InChI=1S/C10H11FN4/c11-9-5-7(12)1-2-10(9)13-6-8-3-4-14-15-8/h1-5,13H,6,12H2,(H,14,15). The maximum Gasteiger partial charge on any atom is 0.148 e. The van der Waals surface area contributed by atoms with Gasteiger partial charge in [0.15, 0.2) is 0 Å². The van der Waals surface area contributed by atoms with Gasteiger partial charge in [0.2, 0.25) is 0 Å². The largest absolute Gasteiger partial charge is 0.399 e. The van der Waals surface area contributed by atoms with Crippen molar-refractivity contribution in [3.8, 4) is 0 Å². The van der Waals surface area contributed by atoms with Crippen LogP contribution in [0.2, 0.25) is 0 Å². The van der Waals surface area contributed by atoms with Crippen molar-refractivity contribution in [2.45, 2.75) is 6.54 Å². The minimum atomic E-state index is -0.352. The van der Waals surface area contributed by atoms with Crippen molar-refractivity contribution in [2.24, 2.45) is 0 Å². The zero-order valence-corrected chi connectivity index (χ0v) is 8.00. The van der Waals surface area contributed by atoms with E-state index in [0.29, 0.717) is 17.9 Å². The van der Waals surface area contributed by atoms with Gasteiger partial charge in [-0.1, -0.05) is 0 Å². The fourth-order valence-corrected chi connectivity index (χ4v) is 1.25. The van der Waals surface area contributed by atoms with Crippen LogP contribution in [0.15, 0.2) is 30.5 Å². The van der Waals surface area contributed by atoms with Crippen molar-refractivity contribution in [3.05, 3.63) is 42.0 Å². The number of hydrogen-bond acceptors (Lipinski definition) is 3. The summed E-state index contributed by atoms with van der Waals surface area (Å²) < 4.78 is 13.3. The third-order valence-electron chi connectivity index (χ3n) is 2.02. The Bertz CT molecular complexity index is 439. The molecule has 2 rings (SSSR count). The number of nitrogens with zero attached hydrogens (tertiary/aromatic N) is 1. The molecular formula is C10H11FN4. The minimum Gasteiger partial charge on any atom is -0.399 e. The number of nitrogens with two attached hydrogens (primary N) is 1. The van der Waals surface area contributed by atoms with E-state index in [1.165, 1.54) is 6.07 Å². The highest BCUT2D eigenvalue weighted by Gasteiger charge is 2.01. The van der Waals surface area contributed by atoms with Gasteiger partial charge < -0.3 is 11.1 Å². The summed E-state index contributed by atoms with van der Waals surface area (Å²) in [5.41, 5.74) is 7.17. The normalized spacial score (nSPS) is 10.2. The lowest BCUT2D eigenvalue weighted by molar-refractivity contribution is 0.630. The molecule has 0 fully saturated rings. The van der Waals surface area contributed by atoms with E-state index >= 15 is 0 Å². The number of hydrogen-bond donors (Lipinski definition) is 3. The third-order valence-corrected chi connectivity index (χ3v) is 2.02. The second kappa shape index (κ2) is 4.00. The molecule has 4 nitrogen and oxygen atoms in total. The topological polar surface area (TPSA) is 66.7 Å². The second-order valence-electron chi connectivity index (χ2n) is 3.17. The number of nitrogen functional groups attached to an aromatic ring is 1. The Morgan fingerprint density at radius 3 is 2.93 bits per heavy atom. The van der Waals surface area contributed by atoms with Gasteiger partial charge in [0.05, 0.1) is 17.9 Å². The summed E-state index contributed by atoms with van der Waals surface area (Å²) in [6, 6.07) is 6.37. The zero-order valence-electron chi connectivity index (χ0n) is 8.00. The van der Waals surface area contributed by atoms with E-state index < -0.39 is 0 Å². The van der Waals surface area contributed by atoms with Crippen LogP contribution < -0.4 is 11.1 Å². The molecule has 0 saturated carbocycles. The van der Waals surface area contributed by atoms with Crippen LogP contribution in [0.25, 0.3) is 0 Å². The molecule has 0 spiro atoms. The van der Waals surface area contributed by atoms with Crippen LogP contribution in [-0.2, 0) is 6.54 Å². The molecule has 1 aromatic carbocycles. The molecule has 15 heavy (non-hydrogen) atoms. The van der Waals surface area contributed by atoms with Gasteiger partial charge >= 0.3 is 0 Å². The second-order valence-corrected chi connectivity index (χ2v) is 3.17. The fourth-order valence-electron chi connectivity index (χ4n) is 1.25. The number of aromatic amines is 1. The predicted octanol–water partition coefficient (Wildman–Crippen LogP) is 1.74. The van der Waals surface area contributed by atoms with E-state index in [9.17, 15) is 4.39 Å². The van der Waals surface area contributed by atoms with E-state index in [2.05, 4.69) is 15.5 Å². The molecule has 4 N–H and O–H groups in total. The number of aromatic nitrogens is 2. The predicted molar refractivity (Wildman–Crippen MR) is 56.7 cm³/mol. The monoisotopic (exact) mass is 206 g/mol. The smallest absolute Gasteiger partial charge is 0.148 e. The maximum atomic E-state index is 13.3. The number of nitrogens with one attached hydrogen (secondary N) is 2. The van der Waals surface area contributed by atoms with Crippen molar-refractivity contribution in [1.82, 2.24) is 10.2 Å². The van der Waals surface area contributed by atoms with Gasteiger partial charge in [-0.2, -0.15) is 5.10 Å². The summed E-state index contributed by atoms with van der Waals surface area (Å²) in [5.74, 6) is -0.352. The summed E-state index contributed by atoms with van der Waals surface area (Å²) in [4.78, 5) is 0. The van der Waals surface area contributed by atoms with Gasteiger partial charge in [0.1, 0.15) is 5.82 Å². The van der Waals surface area contributed by atoms with Crippen LogP contribution in [-0.4, -0.2) is 10.2 Å². The molecule has 78 valence electrons. The van der Waals surface area contributed by atoms with E-state index in [0.717, 1.165) is 5.69 Å². The van der Waals surface area contributed by atoms with Crippen molar-refractivity contribution >= 4 is 11.4 Å². The van der Waals surface area contributed by atoms with Crippen molar-refractivity contribution in [2.75, 3.05) is 11.1 Å². The number of H-pyrrole nitrogens is 1. The average molecular weight is 206 g/mol. The van der Waals surface area contributed by atoms with Crippen LogP contribution >= 0.6 is 0 Å². The number of rotatable bonds is 3. The Morgan fingerprint density at radius 2 is 2.27 bits per heavy atom. The lowest BCUT2D eigenvalue weighted by Gasteiger charge is -2.06. The van der Waals surface area contributed by atoms with Gasteiger partial charge in [-0.15, -0.1) is 0 Å². The molecule has 0 amide bonds. The van der Waals surface area contributed by atoms with Crippen LogP contribution in [0.4, 0.5) is 15.8 Å². The number of benzene rings is 1. The maximum absolute atomic E-state index is 13.3. The van der Waals surface area contributed by atoms with Gasteiger partial charge in [-0.3, -0.25) is 5.10 Å². The Labute approximate surface area is 86.3 Å². The molecule has 1 heterocycles. The van der Waals surface area contributed by atoms with Crippen molar-refractivity contribution in [1.29, 1.82) is 0 Å². The first kappa shape index (κ1) is 9.51. The van der Waals surface area contributed by atoms with Crippen LogP contribution in [0.5, 0.6) is 0 Å². The van der Waals surface area contributed by atoms with Gasteiger partial charge in [-0.25, -0.2) is 4.39 Å². The molecule has 0 bridgehead atoms. The summed E-state index contributed by atoms with van der Waals surface area (Å²) in [7, 11) is 0. The van der Waals surface area contributed by atoms with Gasteiger partial charge in [-0.05, 0) is 24.3 Å². The Morgan fingerprint density at radius 1 is 1.40 bits per heavy atom. The van der Waals surface area contributed by atoms with E-state index in [-0.39, 0.29) is 5.82 Å². The van der Waals surface area contributed by atoms with Crippen LogP contribution in [0.1, 0.15) is 5.69 Å². The van der Waals surface area contributed by atoms with E-state index in [4.69, 9.17) is 5.73 Å². The first-order valence-electron chi connectivity index (χ1n) is 4.53. The molecule has 0 aliphatic heterocycles. The molecule has 2 aromatic rings. The van der Waals surface area contributed by atoms with Crippen LogP contribution in [0.3, 0.4) is 0 Å². The highest BCUT2D eigenvalue weighted by Crippen LogP contribution is 2.17. The molecule has 0 aliphatic rings. The molecule has 1 aromatic heterocycles. The summed E-state index contributed by atoms with van der Waals surface area (Å²) >= 11 is 0. The molecule has 0 aliphatic carbocycles. The first-order chi connectivity index (χ1) is 7.25. The van der Waals surface area contributed by atoms with Gasteiger partial charge in [0.25, 0.3) is 0 Å². The summed E-state index contributed by atoms with van der Waals surface area (Å²) in [6.07, 6.45) is 1.65. The molecule has 0 saturated heterocycles.